The number of rotatable bonds is 5. The molecule has 0 unspecified atom stereocenters. The van der Waals surface area contributed by atoms with E-state index in [1.165, 1.54) is 30.0 Å². The van der Waals surface area contributed by atoms with Crippen LogP contribution in [0.15, 0.2) is 47.6 Å². The zero-order valence-corrected chi connectivity index (χ0v) is 15.1. The third kappa shape index (κ3) is 3.55. The fraction of sp³-hybridized carbons (Fsp3) is 0.222. The second-order valence-corrected chi connectivity index (χ2v) is 6.74. The number of benzene rings is 2. The number of amides is 1. The number of alkyl halides is 2. The summed E-state index contributed by atoms with van der Waals surface area (Å²) in [5.74, 6) is -0.323. The lowest BCUT2D eigenvalue weighted by Gasteiger charge is -2.07. The number of para-hydroxylation sites is 2. The number of carbonyl (C=O) groups is 1. The largest absolute Gasteiger partial charge is 0.586 e. The molecule has 0 atom stereocenters. The number of thioether (sulfide) groups is 1. The first-order valence-corrected chi connectivity index (χ1v) is 9.21. The Labute approximate surface area is 157 Å². The number of anilines is 1. The number of aryl methyl sites for hydroxylation is 1. The average molecular weight is 391 g/mol. The van der Waals surface area contributed by atoms with Crippen molar-refractivity contribution in [3.63, 3.8) is 0 Å². The van der Waals surface area contributed by atoms with E-state index in [0.717, 1.165) is 22.7 Å². The second-order valence-electron chi connectivity index (χ2n) is 5.79. The zero-order valence-electron chi connectivity index (χ0n) is 14.2. The molecule has 0 spiro atoms. The molecule has 0 fully saturated rings. The number of hydrogen-bond acceptors (Lipinski definition) is 5. The van der Waals surface area contributed by atoms with Crippen molar-refractivity contribution in [1.82, 2.24) is 9.55 Å². The highest BCUT2D eigenvalue weighted by Crippen LogP contribution is 2.42. The lowest BCUT2D eigenvalue weighted by atomic mass is 10.3. The van der Waals surface area contributed by atoms with Gasteiger partial charge in [0.1, 0.15) is 0 Å². The molecule has 2 aromatic carbocycles. The van der Waals surface area contributed by atoms with Crippen molar-refractivity contribution in [1.29, 1.82) is 0 Å². The second kappa shape index (κ2) is 6.73. The summed E-state index contributed by atoms with van der Waals surface area (Å²) < 4.78 is 36.9. The monoisotopic (exact) mass is 391 g/mol. The van der Waals surface area contributed by atoms with Gasteiger partial charge in [-0.1, -0.05) is 23.9 Å². The molecule has 0 bridgehead atoms. The van der Waals surface area contributed by atoms with E-state index < -0.39 is 6.29 Å². The quantitative estimate of drug-likeness (QED) is 0.663. The highest BCUT2D eigenvalue weighted by atomic mass is 32.2. The van der Waals surface area contributed by atoms with Crippen LogP contribution in [-0.4, -0.2) is 27.5 Å². The number of imidazole rings is 1. The van der Waals surface area contributed by atoms with E-state index in [9.17, 15) is 13.6 Å². The van der Waals surface area contributed by atoms with Gasteiger partial charge in [0.05, 0.1) is 16.8 Å². The van der Waals surface area contributed by atoms with Crippen LogP contribution in [0.1, 0.15) is 6.92 Å². The summed E-state index contributed by atoms with van der Waals surface area (Å²) in [6.07, 6.45) is -3.68. The van der Waals surface area contributed by atoms with Crippen molar-refractivity contribution >= 4 is 34.4 Å². The summed E-state index contributed by atoms with van der Waals surface area (Å²) in [7, 11) is 0. The van der Waals surface area contributed by atoms with E-state index in [2.05, 4.69) is 19.8 Å². The molecule has 1 N–H and O–H groups in total. The van der Waals surface area contributed by atoms with Crippen molar-refractivity contribution in [3.05, 3.63) is 42.5 Å². The van der Waals surface area contributed by atoms with Gasteiger partial charge in [0.2, 0.25) is 5.91 Å². The molecule has 1 amide bonds. The Morgan fingerprint density at radius 3 is 2.81 bits per heavy atom. The molecule has 4 rings (SSSR count). The minimum absolute atomic E-state index is 0.0657. The third-order valence-electron chi connectivity index (χ3n) is 3.95. The highest BCUT2D eigenvalue weighted by molar-refractivity contribution is 7.99. The van der Waals surface area contributed by atoms with Gasteiger partial charge in [0.25, 0.3) is 0 Å². The predicted molar refractivity (Wildman–Crippen MR) is 97.4 cm³/mol. The molecule has 140 valence electrons. The van der Waals surface area contributed by atoms with Crippen LogP contribution >= 0.6 is 11.8 Å². The van der Waals surface area contributed by atoms with Gasteiger partial charge in [-0.15, -0.1) is 8.78 Å². The summed E-state index contributed by atoms with van der Waals surface area (Å²) in [6, 6.07) is 11.9. The van der Waals surface area contributed by atoms with Crippen molar-refractivity contribution in [2.75, 3.05) is 11.1 Å². The Bertz CT molecular complexity index is 1020. The molecule has 0 radical (unpaired) electrons. The Morgan fingerprint density at radius 2 is 2.00 bits per heavy atom. The molecule has 6 nitrogen and oxygen atoms in total. The number of ether oxygens (including phenoxy) is 2. The third-order valence-corrected chi connectivity index (χ3v) is 4.93. The number of nitrogens with zero attached hydrogens (tertiary/aromatic N) is 2. The number of hydrogen-bond donors (Lipinski definition) is 1. The minimum atomic E-state index is -3.68. The molecule has 1 aromatic heterocycles. The van der Waals surface area contributed by atoms with Gasteiger partial charge in [-0.2, -0.15) is 0 Å². The molecule has 9 heteroatoms. The molecule has 0 saturated heterocycles. The lowest BCUT2D eigenvalue weighted by Crippen LogP contribution is -2.25. The van der Waals surface area contributed by atoms with Gasteiger partial charge in [0, 0.05) is 18.3 Å². The Hall–Kier alpha value is -2.81. The van der Waals surface area contributed by atoms with E-state index in [-0.39, 0.29) is 23.2 Å². The van der Waals surface area contributed by atoms with Crippen LogP contribution in [0.4, 0.5) is 14.5 Å². The molecule has 3 aromatic rings. The molecule has 0 aliphatic carbocycles. The Kier molecular flexibility index (Phi) is 4.39. The van der Waals surface area contributed by atoms with Gasteiger partial charge in [-0.25, -0.2) is 4.98 Å². The number of fused-ring (bicyclic) bond motifs is 2. The van der Waals surface area contributed by atoms with Crippen LogP contribution in [0.3, 0.4) is 0 Å². The van der Waals surface area contributed by atoms with Crippen LogP contribution in [0, 0.1) is 0 Å². The average Bonchev–Trinajstić information content (AvgIpc) is 3.14. The fourth-order valence-electron chi connectivity index (χ4n) is 2.82. The van der Waals surface area contributed by atoms with Gasteiger partial charge >= 0.3 is 6.29 Å². The summed E-state index contributed by atoms with van der Waals surface area (Å²) >= 11 is 1.31. The fourth-order valence-corrected chi connectivity index (χ4v) is 3.70. The maximum absolute atomic E-state index is 13.1. The summed E-state index contributed by atoms with van der Waals surface area (Å²) in [4.78, 5) is 16.8. The Balaban J connectivity index is 1.42. The van der Waals surface area contributed by atoms with Crippen LogP contribution in [0.5, 0.6) is 11.5 Å². The summed E-state index contributed by atoms with van der Waals surface area (Å²) in [5.41, 5.74) is 2.24. The first-order chi connectivity index (χ1) is 12.9. The normalized spacial score (nSPS) is 14.5. The van der Waals surface area contributed by atoms with Gasteiger partial charge < -0.3 is 19.4 Å². The number of nitrogens with one attached hydrogen (secondary N) is 1. The number of halogens is 2. The predicted octanol–water partition coefficient (Wildman–Crippen LogP) is 4.11. The molecular formula is C18H15F2N3O3S. The van der Waals surface area contributed by atoms with E-state index in [1.807, 2.05) is 35.8 Å². The standard InChI is InChI=1S/C18H15F2N3O3S/c1-2-23-13-6-4-3-5-12(13)22-17(23)27-10-16(24)21-11-7-8-14-15(9-11)26-18(19,20)25-14/h3-9H,2,10H2,1H3,(H,21,24). The van der Waals surface area contributed by atoms with Crippen LogP contribution in [0.2, 0.25) is 0 Å². The van der Waals surface area contributed by atoms with Gasteiger partial charge in [-0.05, 0) is 31.2 Å². The molecule has 0 saturated carbocycles. The SMILES string of the molecule is CCn1c(SCC(=O)Nc2ccc3c(c2)OC(F)(F)O3)nc2ccccc21. The Morgan fingerprint density at radius 1 is 1.22 bits per heavy atom. The summed E-state index contributed by atoms with van der Waals surface area (Å²) in [6.45, 7) is 2.75. The highest BCUT2D eigenvalue weighted by Gasteiger charge is 2.43. The molecule has 1 aliphatic rings. The molecular weight excluding hydrogens is 376 g/mol. The minimum Gasteiger partial charge on any atom is -0.395 e. The smallest absolute Gasteiger partial charge is 0.395 e. The van der Waals surface area contributed by atoms with Crippen molar-refractivity contribution in [2.45, 2.75) is 24.9 Å². The maximum atomic E-state index is 13.1. The van der Waals surface area contributed by atoms with Crippen molar-refractivity contribution in [2.24, 2.45) is 0 Å². The van der Waals surface area contributed by atoms with Crippen molar-refractivity contribution in [3.8, 4) is 11.5 Å². The van der Waals surface area contributed by atoms with E-state index in [4.69, 9.17) is 0 Å². The van der Waals surface area contributed by atoms with Crippen LogP contribution < -0.4 is 14.8 Å². The lowest BCUT2D eigenvalue weighted by molar-refractivity contribution is -0.286. The molecule has 1 aliphatic heterocycles. The van der Waals surface area contributed by atoms with E-state index in [1.54, 1.807) is 0 Å². The van der Waals surface area contributed by atoms with Gasteiger partial charge in [-0.3, -0.25) is 4.79 Å². The maximum Gasteiger partial charge on any atom is 0.586 e. The topological polar surface area (TPSA) is 65.4 Å². The van der Waals surface area contributed by atoms with E-state index in [0.29, 0.717) is 5.69 Å². The summed E-state index contributed by atoms with van der Waals surface area (Å²) in [5, 5.41) is 3.41. The van der Waals surface area contributed by atoms with Crippen LogP contribution in [-0.2, 0) is 11.3 Å². The molecule has 27 heavy (non-hydrogen) atoms. The number of carbonyl (C=O) groups excluding carboxylic acids is 1. The number of aromatic nitrogens is 2. The van der Waals surface area contributed by atoms with E-state index >= 15 is 0 Å². The van der Waals surface area contributed by atoms with Crippen molar-refractivity contribution < 1.29 is 23.0 Å². The van der Waals surface area contributed by atoms with Gasteiger partial charge in [0.15, 0.2) is 16.7 Å². The first kappa shape index (κ1) is 17.6. The first-order valence-electron chi connectivity index (χ1n) is 8.23. The zero-order chi connectivity index (χ0) is 19.0. The van der Waals surface area contributed by atoms with Crippen LogP contribution in [0.25, 0.3) is 11.0 Å². The molecule has 2 heterocycles.